The summed E-state index contributed by atoms with van der Waals surface area (Å²) in [5.74, 6) is -0.0544. The molecule has 2 atom stereocenters. The molecule has 2 aliphatic rings. The topological polar surface area (TPSA) is 26.3 Å². The van der Waals surface area contributed by atoms with Gasteiger partial charge in [-0.05, 0) is 33.1 Å². The van der Waals surface area contributed by atoms with Crippen molar-refractivity contribution in [2.45, 2.75) is 37.4 Å². The third kappa shape index (κ3) is 1.11. The average Bonchev–Trinajstić information content (AvgIpc) is 2.71. The molecule has 0 heterocycles. The Hall–Kier alpha value is -0.310. The maximum absolute atomic E-state index is 11.7. The van der Waals surface area contributed by atoms with Crippen LogP contribution in [0.25, 0.3) is 0 Å². The Kier molecular flexibility index (Phi) is 2.08. The number of ether oxygens (including phenoxy) is 1. The summed E-state index contributed by atoms with van der Waals surface area (Å²) >= 11 is 3.70. The minimum Gasteiger partial charge on any atom is -0.469 e. The number of methoxy groups -OCH3 is 1. The molecule has 0 aromatic heterocycles. The largest absolute Gasteiger partial charge is 0.469 e. The van der Waals surface area contributed by atoms with Gasteiger partial charge in [-0.3, -0.25) is 4.79 Å². The number of carbonyl (C=O) groups is 1. The lowest BCUT2D eigenvalue weighted by molar-refractivity contribution is -0.147. The van der Waals surface area contributed by atoms with Crippen molar-refractivity contribution in [3.8, 4) is 0 Å². The van der Waals surface area contributed by atoms with E-state index in [0.717, 1.165) is 19.3 Å². The Morgan fingerprint density at radius 3 is 2.50 bits per heavy atom. The second-order valence-corrected chi connectivity index (χ2v) is 6.15. The molecule has 2 nitrogen and oxygen atoms in total. The van der Waals surface area contributed by atoms with E-state index < -0.39 is 0 Å². The number of rotatable bonds is 1. The summed E-state index contributed by atoms with van der Waals surface area (Å²) in [4.78, 5) is 11.7. The van der Waals surface area contributed by atoms with Gasteiger partial charge in [0.05, 0.1) is 12.5 Å². The highest BCUT2D eigenvalue weighted by molar-refractivity contribution is 9.10. The standard InChI is InChI=1S/C11H15BrO2/c1-7-4-10(9(13)14-3)6-11(10,12)5-8(7)2/h4-6H2,1-3H3. The molecule has 1 fully saturated rings. The first-order valence-electron chi connectivity index (χ1n) is 4.88. The van der Waals surface area contributed by atoms with Crippen molar-refractivity contribution in [2.24, 2.45) is 5.41 Å². The number of halogens is 1. The maximum Gasteiger partial charge on any atom is 0.313 e. The molecule has 3 heteroatoms. The molecule has 0 saturated heterocycles. The molecule has 0 aromatic rings. The van der Waals surface area contributed by atoms with Crippen molar-refractivity contribution in [2.75, 3.05) is 7.11 Å². The van der Waals surface area contributed by atoms with Crippen LogP contribution < -0.4 is 0 Å². The van der Waals surface area contributed by atoms with Gasteiger partial charge in [0.2, 0.25) is 0 Å². The van der Waals surface area contributed by atoms with Crippen molar-refractivity contribution in [1.29, 1.82) is 0 Å². The molecular formula is C11H15BrO2. The van der Waals surface area contributed by atoms with Crippen LogP contribution in [0, 0.1) is 5.41 Å². The predicted octanol–water partition coefficient (Wildman–Crippen LogP) is 2.81. The minimum absolute atomic E-state index is 0.00329. The SMILES string of the molecule is COC(=O)C12CC(C)=C(C)CC1(Br)C2. The number of esters is 1. The lowest BCUT2D eigenvalue weighted by atomic mass is 9.84. The summed E-state index contributed by atoms with van der Waals surface area (Å²) < 4.78 is 4.89. The highest BCUT2D eigenvalue weighted by Gasteiger charge is 2.72. The molecule has 0 bridgehead atoms. The first-order chi connectivity index (χ1) is 6.45. The Bertz CT molecular complexity index is 334. The van der Waals surface area contributed by atoms with Crippen molar-refractivity contribution in [1.82, 2.24) is 0 Å². The van der Waals surface area contributed by atoms with Gasteiger partial charge in [-0.15, -0.1) is 0 Å². The fourth-order valence-electron chi connectivity index (χ4n) is 2.58. The van der Waals surface area contributed by atoms with Crippen LogP contribution in [0.15, 0.2) is 11.1 Å². The molecule has 2 aliphatic carbocycles. The van der Waals surface area contributed by atoms with Crippen LogP contribution >= 0.6 is 15.9 Å². The van der Waals surface area contributed by atoms with Crippen molar-refractivity contribution >= 4 is 21.9 Å². The van der Waals surface area contributed by atoms with E-state index >= 15 is 0 Å². The summed E-state index contributed by atoms with van der Waals surface area (Å²) in [7, 11) is 1.48. The zero-order valence-corrected chi connectivity index (χ0v) is 10.4. The maximum atomic E-state index is 11.7. The van der Waals surface area contributed by atoms with Gasteiger partial charge in [-0.2, -0.15) is 0 Å². The first-order valence-corrected chi connectivity index (χ1v) is 5.67. The third-order valence-electron chi connectivity index (χ3n) is 3.73. The van der Waals surface area contributed by atoms with Gasteiger partial charge in [-0.25, -0.2) is 0 Å². The molecule has 0 N–H and O–H groups in total. The number of hydrogen-bond acceptors (Lipinski definition) is 2. The number of carbonyl (C=O) groups excluding carboxylic acids is 1. The lowest BCUT2D eigenvalue weighted by Crippen LogP contribution is -2.29. The summed E-state index contributed by atoms with van der Waals surface area (Å²) in [5.41, 5.74) is 2.51. The molecule has 2 unspecified atom stereocenters. The van der Waals surface area contributed by atoms with E-state index in [9.17, 15) is 4.79 Å². The Morgan fingerprint density at radius 1 is 1.36 bits per heavy atom. The molecule has 78 valence electrons. The molecule has 1 saturated carbocycles. The van der Waals surface area contributed by atoms with E-state index in [1.165, 1.54) is 18.3 Å². The molecule has 2 rings (SSSR count). The van der Waals surface area contributed by atoms with E-state index in [4.69, 9.17) is 4.74 Å². The highest BCUT2D eigenvalue weighted by Crippen LogP contribution is 2.70. The fraction of sp³-hybridized carbons (Fsp3) is 0.727. The average molecular weight is 259 g/mol. The van der Waals surface area contributed by atoms with E-state index in [1.54, 1.807) is 0 Å². The molecule has 14 heavy (non-hydrogen) atoms. The van der Waals surface area contributed by atoms with E-state index in [0.29, 0.717) is 0 Å². The van der Waals surface area contributed by atoms with Crippen LogP contribution in [-0.2, 0) is 9.53 Å². The molecule has 0 spiro atoms. The zero-order valence-electron chi connectivity index (χ0n) is 8.82. The van der Waals surface area contributed by atoms with Crippen LogP contribution in [0.2, 0.25) is 0 Å². The molecule has 0 aliphatic heterocycles. The van der Waals surface area contributed by atoms with Crippen LogP contribution in [0.5, 0.6) is 0 Å². The summed E-state index contributed by atoms with van der Waals surface area (Å²) in [6.45, 7) is 4.27. The van der Waals surface area contributed by atoms with Crippen LogP contribution in [0.1, 0.15) is 33.1 Å². The highest BCUT2D eigenvalue weighted by atomic mass is 79.9. The van der Waals surface area contributed by atoms with Gasteiger partial charge < -0.3 is 4.74 Å². The van der Waals surface area contributed by atoms with Gasteiger partial charge in [0, 0.05) is 4.32 Å². The first kappa shape index (κ1) is 10.2. The molecule has 0 amide bonds. The summed E-state index contributed by atoms with van der Waals surface area (Å²) in [6, 6.07) is 0. The number of alkyl halides is 1. The Morgan fingerprint density at radius 2 is 1.93 bits per heavy atom. The summed E-state index contributed by atoms with van der Waals surface area (Å²) in [5, 5.41) is 0. The van der Waals surface area contributed by atoms with Gasteiger partial charge >= 0.3 is 5.97 Å². The molecular weight excluding hydrogens is 244 g/mol. The van der Waals surface area contributed by atoms with Crippen molar-refractivity contribution < 1.29 is 9.53 Å². The second kappa shape index (κ2) is 2.84. The van der Waals surface area contributed by atoms with E-state index in [-0.39, 0.29) is 15.7 Å². The number of allylic oxidation sites excluding steroid dienone is 2. The van der Waals surface area contributed by atoms with Crippen LogP contribution in [0.3, 0.4) is 0 Å². The monoisotopic (exact) mass is 258 g/mol. The van der Waals surface area contributed by atoms with Gasteiger partial charge in [0.15, 0.2) is 0 Å². The molecule has 0 aromatic carbocycles. The predicted molar refractivity (Wildman–Crippen MR) is 58.3 cm³/mol. The van der Waals surface area contributed by atoms with E-state index in [1.807, 2.05) is 0 Å². The lowest BCUT2D eigenvalue weighted by Gasteiger charge is -2.26. The summed E-state index contributed by atoms with van der Waals surface area (Å²) in [6.07, 6.45) is 2.76. The Labute approximate surface area is 92.8 Å². The fourth-order valence-corrected chi connectivity index (χ4v) is 3.79. The van der Waals surface area contributed by atoms with Crippen molar-refractivity contribution in [3.05, 3.63) is 11.1 Å². The Balaban J connectivity index is 2.31. The van der Waals surface area contributed by atoms with E-state index in [2.05, 4.69) is 29.8 Å². The molecule has 0 radical (unpaired) electrons. The smallest absolute Gasteiger partial charge is 0.313 e. The van der Waals surface area contributed by atoms with Gasteiger partial charge in [0.25, 0.3) is 0 Å². The minimum atomic E-state index is -0.259. The van der Waals surface area contributed by atoms with Gasteiger partial charge in [0.1, 0.15) is 0 Å². The van der Waals surface area contributed by atoms with Crippen molar-refractivity contribution in [3.63, 3.8) is 0 Å². The van der Waals surface area contributed by atoms with Crippen LogP contribution in [-0.4, -0.2) is 17.4 Å². The number of fused-ring (bicyclic) bond motifs is 1. The van der Waals surface area contributed by atoms with Crippen LogP contribution in [0.4, 0.5) is 0 Å². The normalized spacial score (nSPS) is 40.6. The third-order valence-corrected chi connectivity index (χ3v) is 5.05. The number of hydrogen-bond donors (Lipinski definition) is 0. The second-order valence-electron chi connectivity index (χ2n) is 4.63. The van der Waals surface area contributed by atoms with Gasteiger partial charge in [-0.1, -0.05) is 27.1 Å². The zero-order chi connectivity index (χ0) is 10.6. The quantitative estimate of drug-likeness (QED) is 0.411.